The second kappa shape index (κ2) is 10.9. The van der Waals surface area contributed by atoms with E-state index in [0.717, 1.165) is 13.0 Å². The van der Waals surface area contributed by atoms with E-state index in [0.29, 0.717) is 0 Å². The third-order valence-corrected chi connectivity index (χ3v) is 4.78. The van der Waals surface area contributed by atoms with Gasteiger partial charge in [0.2, 0.25) is 0 Å². The molecule has 1 heteroatoms. The van der Waals surface area contributed by atoms with Gasteiger partial charge in [0.15, 0.2) is 0 Å². The summed E-state index contributed by atoms with van der Waals surface area (Å²) in [4.78, 5) is 0. The minimum absolute atomic E-state index is 0.901. The number of benzene rings is 1. The third-order valence-electron chi connectivity index (χ3n) is 4.78. The van der Waals surface area contributed by atoms with Crippen LogP contribution in [0.3, 0.4) is 0 Å². The number of allylic oxidation sites excluding steroid dienone is 5. The van der Waals surface area contributed by atoms with Crippen molar-refractivity contribution in [2.75, 3.05) is 0 Å². The van der Waals surface area contributed by atoms with Gasteiger partial charge in [-0.3, -0.25) is 0 Å². The molecule has 1 aromatic rings. The predicted octanol–water partition coefficient (Wildman–Crippen LogP) is 6.69. The SMILES string of the molecule is C/C=C(CCCC1=CCCC1)/C(=C/NCc1ccccc1)CCC. The molecule has 0 unspecified atom stereocenters. The smallest absolute Gasteiger partial charge is 0.0395 e. The van der Waals surface area contributed by atoms with Crippen LogP contribution in [0.15, 0.2) is 65.4 Å². The lowest BCUT2D eigenvalue weighted by atomic mass is 9.95. The first-order chi connectivity index (χ1) is 11.8. The summed E-state index contributed by atoms with van der Waals surface area (Å²) in [5.41, 5.74) is 6.03. The lowest BCUT2D eigenvalue weighted by molar-refractivity contribution is 0.757. The molecule has 1 nitrogen and oxygen atoms in total. The zero-order valence-corrected chi connectivity index (χ0v) is 15.5. The Kier molecular flexibility index (Phi) is 8.45. The van der Waals surface area contributed by atoms with E-state index in [1.54, 1.807) is 5.57 Å². The highest BCUT2D eigenvalue weighted by Crippen LogP contribution is 2.26. The Bertz CT molecular complexity index is 563. The largest absolute Gasteiger partial charge is 0.387 e. The predicted molar refractivity (Wildman–Crippen MR) is 106 cm³/mol. The van der Waals surface area contributed by atoms with Crippen LogP contribution in [0.4, 0.5) is 0 Å². The highest BCUT2D eigenvalue weighted by atomic mass is 14.8. The molecular weight excluding hydrogens is 290 g/mol. The molecule has 0 saturated heterocycles. The quantitative estimate of drug-likeness (QED) is 0.374. The fourth-order valence-corrected chi connectivity index (χ4v) is 3.44. The molecule has 1 N–H and O–H groups in total. The van der Waals surface area contributed by atoms with Gasteiger partial charge in [0.1, 0.15) is 0 Å². The van der Waals surface area contributed by atoms with Gasteiger partial charge >= 0.3 is 0 Å². The van der Waals surface area contributed by atoms with Crippen molar-refractivity contribution >= 4 is 0 Å². The molecule has 0 amide bonds. The number of rotatable bonds is 10. The first-order valence-electron chi connectivity index (χ1n) is 9.63. The highest BCUT2D eigenvalue weighted by Gasteiger charge is 2.07. The molecule has 24 heavy (non-hydrogen) atoms. The second-order valence-corrected chi connectivity index (χ2v) is 6.71. The van der Waals surface area contributed by atoms with Gasteiger partial charge in [-0.25, -0.2) is 0 Å². The monoisotopic (exact) mass is 323 g/mol. The van der Waals surface area contributed by atoms with Crippen LogP contribution >= 0.6 is 0 Å². The minimum atomic E-state index is 0.901. The Morgan fingerprint density at radius 1 is 1.12 bits per heavy atom. The Labute approximate surface area is 148 Å². The van der Waals surface area contributed by atoms with Crippen LogP contribution in [-0.2, 0) is 6.54 Å². The van der Waals surface area contributed by atoms with E-state index in [-0.39, 0.29) is 0 Å². The standard InChI is InChI=1S/C23H33N/c1-3-11-23(19-24-18-21-14-6-5-7-15-21)22(4-2)17-10-16-20-12-8-9-13-20/h4-7,12,14-15,19,24H,3,8-11,13,16-18H2,1-2H3/b22-4+,23-19+. The summed E-state index contributed by atoms with van der Waals surface area (Å²) in [6.45, 7) is 5.35. The van der Waals surface area contributed by atoms with Crippen LogP contribution in [0.2, 0.25) is 0 Å². The fraction of sp³-hybridized carbons (Fsp3) is 0.478. The van der Waals surface area contributed by atoms with E-state index in [1.807, 2.05) is 0 Å². The normalized spacial score (nSPS) is 15.5. The van der Waals surface area contributed by atoms with Crippen LogP contribution in [0.25, 0.3) is 0 Å². The van der Waals surface area contributed by atoms with Crippen molar-refractivity contribution in [3.63, 3.8) is 0 Å². The van der Waals surface area contributed by atoms with Crippen LogP contribution in [0, 0.1) is 0 Å². The fourth-order valence-electron chi connectivity index (χ4n) is 3.44. The molecule has 0 aliphatic heterocycles. The summed E-state index contributed by atoms with van der Waals surface area (Å²) in [6.07, 6.45) is 17.2. The Hall–Kier alpha value is -1.76. The van der Waals surface area contributed by atoms with Crippen LogP contribution in [0.1, 0.15) is 70.8 Å². The molecule has 2 rings (SSSR count). The maximum absolute atomic E-state index is 3.52. The topological polar surface area (TPSA) is 12.0 Å². The van der Waals surface area contributed by atoms with Crippen LogP contribution in [0.5, 0.6) is 0 Å². The van der Waals surface area contributed by atoms with Crippen molar-refractivity contribution in [1.29, 1.82) is 0 Å². The van der Waals surface area contributed by atoms with Crippen molar-refractivity contribution in [2.45, 2.75) is 71.8 Å². The summed E-state index contributed by atoms with van der Waals surface area (Å²) in [7, 11) is 0. The van der Waals surface area contributed by atoms with E-state index in [1.165, 1.54) is 61.7 Å². The van der Waals surface area contributed by atoms with Crippen LogP contribution in [-0.4, -0.2) is 0 Å². The molecule has 0 fully saturated rings. The number of hydrogen-bond donors (Lipinski definition) is 1. The molecule has 130 valence electrons. The molecule has 0 saturated carbocycles. The van der Waals surface area contributed by atoms with Gasteiger partial charge in [-0.05, 0) is 68.6 Å². The summed E-state index contributed by atoms with van der Waals surface area (Å²) in [6, 6.07) is 10.6. The molecular formula is C23H33N. The zero-order valence-electron chi connectivity index (χ0n) is 15.5. The molecule has 1 aliphatic carbocycles. The van der Waals surface area contributed by atoms with Gasteiger partial charge in [-0.1, -0.05) is 61.4 Å². The first kappa shape index (κ1) is 18.6. The summed E-state index contributed by atoms with van der Waals surface area (Å²) in [5.74, 6) is 0. The van der Waals surface area contributed by atoms with E-state index in [2.05, 4.69) is 67.8 Å². The van der Waals surface area contributed by atoms with Crippen molar-refractivity contribution in [3.8, 4) is 0 Å². The lowest BCUT2D eigenvalue weighted by Gasteiger charge is -2.13. The second-order valence-electron chi connectivity index (χ2n) is 6.71. The summed E-state index contributed by atoms with van der Waals surface area (Å²) < 4.78 is 0. The Balaban J connectivity index is 1.86. The molecule has 1 aromatic carbocycles. The van der Waals surface area contributed by atoms with Crippen molar-refractivity contribution in [2.24, 2.45) is 0 Å². The van der Waals surface area contributed by atoms with Gasteiger partial charge < -0.3 is 5.32 Å². The van der Waals surface area contributed by atoms with Gasteiger partial charge in [-0.15, -0.1) is 0 Å². The third kappa shape index (κ3) is 6.39. The molecule has 1 aliphatic rings. The molecule has 0 heterocycles. The Morgan fingerprint density at radius 2 is 1.96 bits per heavy atom. The molecule has 0 radical (unpaired) electrons. The summed E-state index contributed by atoms with van der Waals surface area (Å²) >= 11 is 0. The van der Waals surface area contributed by atoms with Crippen molar-refractivity contribution < 1.29 is 0 Å². The molecule has 0 atom stereocenters. The highest BCUT2D eigenvalue weighted by molar-refractivity contribution is 5.30. The number of nitrogens with one attached hydrogen (secondary N) is 1. The van der Waals surface area contributed by atoms with E-state index < -0.39 is 0 Å². The summed E-state index contributed by atoms with van der Waals surface area (Å²) in [5, 5.41) is 3.52. The minimum Gasteiger partial charge on any atom is -0.387 e. The maximum Gasteiger partial charge on any atom is 0.0395 e. The van der Waals surface area contributed by atoms with E-state index in [9.17, 15) is 0 Å². The number of hydrogen-bond acceptors (Lipinski definition) is 1. The first-order valence-corrected chi connectivity index (χ1v) is 9.63. The lowest BCUT2D eigenvalue weighted by Crippen LogP contribution is -2.07. The Morgan fingerprint density at radius 3 is 2.62 bits per heavy atom. The van der Waals surface area contributed by atoms with Crippen LogP contribution < -0.4 is 5.32 Å². The average Bonchev–Trinajstić information content (AvgIpc) is 3.13. The van der Waals surface area contributed by atoms with Crippen molar-refractivity contribution in [3.05, 3.63) is 71.0 Å². The maximum atomic E-state index is 3.52. The molecule has 0 spiro atoms. The average molecular weight is 324 g/mol. The van der Waals surface area contributed by atoms with E-state index in [4.69, 9.17) is 0 Å². The molecule has 0 bridgehead atoms. The van der Waals surface area contributed by atoms with E-state index >= 15 is 0 Å². The van der Waals surface area contributed by atoms with Gasteiger partial charge in [0.25, 0.3) is 0 Å². The zero-order chi connectivity index (χ0) is 17.0. The molecule has 0 aromatic heterocycles. The van der Waals surface area contributed by atoms with Gasteiger partial charge in [0.05, 0.1) is 0 Å². The van der Waals surface area contributed by atoms with Gasteiger partial charge in [-0.2, -0.15) is 0 Å². The van der Waals surface area contributed by atoms with Gasteiger partial charge in [0, 0.05) is 12.7 Å². The van der Waals surface area contributed by atoms with Crippen molar-refractivity contribution in [1.82, 2.24) is 5.32 Å².